The van der Waals surface area contributed by atoms with Crippen LogP contribution in [0, 0.1) is 12.8 Å². The van der Waals surface area contributed by atoms with Gasteiger partial charge in [0.1, 0.15) is 5.75 Å². The fraction of sp³-hybridized carbons (Fsp3) is 0.650. The molecule has 0 spiro atoms. The number of ether oxygens (including phenoxy) is 2. The van der Waals surface area contributed by atoms with E-state index in [1.165, 1.54) is 11.1 Å². The number of nitrogens with two attached hydrogens (primary N) is 1. The molecule has 2 aliphatic rings. The van der Waals surface area contributed by atoms with Gasteiger partial charge in [0.25, 0.3) is 0 Å². The summed E-state index contributed by atoms with van der Waals surface area (Å²) in [6.07, 6.45) is 4.65. The molecule has 1 aliphatic carbocycles. The molecular formula is C20H30N2O3. The molecule has 1 aromatic rings. The second-order valence-electron chi connectivity index (χ2n) is 7.52. The van der Waals surface area contributed by atoms with Gasteiger partial charge in [-0.15, -0.1) is 0 Å². The van der Waals surface area contributed by atoms with E-state index in [2.05, 4.69) is 24.4 Å². The number of rotatable bonds is 5. The smallest absolute Gasteiger partial charge is 0.224 e. The third-order valence-electron chi connectivity index (χ3n) is 5.88. The zero-order chi connectivity index (χ0) is 17.9. The Kier molecular flexibility index (Phi) is 5.64. The van der Waals surface area contributed by atoms with Crippen molar-refractivity contribution < 1.29 is 14.3 Å². The summed E-state index contributed by atoms with van der Waals surface area (Å²) < 4.78 is 11.2. The first-order valence-electron chi connectivity index (χ1n) is 9.32. The van der Waals surface area contributed by atoms with Crippen LogP contribution in [0.15, 0.2) is 18.2 Å². The molecule has 1 aromatic carbocycles. The lowest BCUT2D eigenvalue weighted by Crippen LogP contribution is -2.47. The van der Waals surface area contributed by atoms with Crippen LogP contribution in [0.4, 0.5) is 0 Å². The summed E-state index contributed by atoms with van der Waals surface area (Å²) in [6.45, 7) is 4.11. The molecule has 1 heterocycles. The lowest BCUT2D eigenvalue weighted by atomic mass is 9.73. The minimum atomic E-state index is -0.145. The van der Waals surface area contributed by atoms with Gasteiger partial charge < -0.3 is 20.5 Å². The summed E-state index contributed by atoms with van der Waals surface area (Å²) in [7, 11) is 1.71. The van der Waals surface area contributed by atoms with Crippen molar-refractivity contribution in [2.45, 2.75) is 50.5 Å². The Bertz CT molecular complexity index is 611. The topological polar surface area (TPSA) is 73.6 Å². The molecule has 1 saturated carbocycles. The number of hydrogen-bond acceptors (Lipinski definition) is 4. The van der Waals surface area contributed by atoms with Crippen LogP contribution in [-0.2, 0) is 14.9 Å². The average molecular weight is 346 g/mol. The zero-order valence-electron chi connectivity index (χ0n) is 15.3. The minimum absolute atomic E-state index is 0.000792. The first-order chi connectivity index (χ1) is 12.1. The van der Waals surface area contributed by atoms with Crippen molar-refractivity contribution in [3.63, 3.8) is 0 Å². The summed E-state index contributed by atoms with van der Waals surface area (Å²) in [4.78, 5) is 12.6. The third kappa shape index (κ3) is 3.82. The second kappa shape index (κ2) is 7.75. The molecule has 1 amide bonds. The van der Waals surface area contributed by atoms with E-state index >= 15 is 0 Å². The molecule has 2 fully saturated rings. The maximum atomic E-state index is 12.6. The number of carbonyl (C=O) groups excluding carboxylic acids is 1. The van der Waals surface area contributed by atoms with Gasteiger partial charge in [0.05, 0.1) is 13.0 Å². The van der Waals surface area contributed by atoms with E-state index in [1.807, 2.05) is 6.07 Å². The molecule has 2 atom stereocenters. The van der Waals surface area contributed by atoms with Crippen LogP contribution in [0.5, 0.6) is 5.75 Å². The fourth-order valence-electron chi connectivity index (χ4n) is 4.24. The van der Waals surface area contributed by atoms with E-state index in [0.29, 0.717) is 19.8 Å². The Hall–Kier alpha value is -1.59. The number of benzene rings is 1. The lowest BCUT2D eigenvalue weighted by molar-refractivity contribution is -0.125. The second-order valence-corrected chi connectivity index (χ2v) is 7.52. The summed E-state index contributed by atoms with van der Waals surface area (Å²) in [5, 5.41) is 3.20. The van der Waals surface area contributed by atoms with Crippen LogP contribution >= 0.6 is 0 Å². The molecule has 3 rings (SSSR count). The molecule has 5 nitrogen and oxygen atoms in total. The zero-order valence-corrected chi connectivity index (χ0v) is 15.3. The van der Waals surface area contributed by atoms with Crippen molar-refractivity contribution in [3.05, 3.63) is 29.3 Å². The number of nitrogens with one attached hydrogen (secondary N) is 1. The first-order valence-corrected chi connectivity index (χ1v) is 9.32. The molecule has 0 unspecified atom stereocenters. The highest BCUT2D eigenvalue weighted by molar-refractivity contribution is 5.79. The number of carbonyl (C=O) groups is 1. The van der Waals surface area contributed by atoms with Gasteiger partial charge in [0.15, 0.2) is 0 Å². The Labute approximate surface area is 150 Å². The summed E-state index contributed by atoms with van der Waals surface area (Å²) in [6, 6.07) is 6.28. The van der Waals surface area contributed by atoms with E-state index in [0.717, 1.165) is 37.9 Å². The molecule has 1 aliphatic heterocycles. The van der Waals surface area contributed by atoms with Crippen LogP contribution < -0.4 is 15.8 Å². The van der Waals surface area contributed by atoms with Crippen LogP contribution in [0.1, 0.15) is 43.2 Å². The van der Waals surface area contributed by atoms with Crippen molar-refractivity contribution in [3.8, 4) is 5.75 Å². The molecule has 138 valence electrons. The standard InChI is InChI=1S/C20H30N2O3/c1-14-6-7-18(24-2)16(12-14)20(8-10-25-11-9-20)13-22-19(23)15-4-3-5-17(15)21/h6-7,12,15,17H,3-5,8-11,13,21H2,1-2H3,(H,22,23)/t15-,17+/m0/s1. The van der Waals surface area contributed by atoms with Gasteiger partial charge in [-0.2, -0.15) is 0 Å². The average Bonchev–Trinajstić information content (AvgIpc) is 3.06. The van der Waals surface area contributed by atoms with Crippen molar-refractivity contribution in [2.75, 3.05) is 26.9 Å². The predicted molar refractivity (Wildman–Crippen MR) is 97.8 cm³/mol. The largest absolute Gasteiger partial charge is 0.496 e. The van der Waals surface area contributed by atoms with Gasteiger partial charge in [-0.05, 0) is 38.7 Å². The van der Waals surface area contributed by atoms with E-state index < -0.39 is 0 Å². The van der Waals surface area contributed by atoms with Crippen molar-refractivity contribution >= 4 is 5.91 Å². The van der Waals surface area contributed by atoms with Crippen molar-refractivity contribution in [1.82, 2.24) is 5.32 Å². The van der Waals surface area contributed by atoms with Crippen molar-refractivity contribution in [2.24, 2.45) is 11.7 Å². The summed E-state index contributed by atoms with van der Waals surface area (Å²) in [5.74, 6) is 0.943. The molecule has 1 saturated heterocycles. The Balaban J connectivity index is 1.82. The van der Waals surface area contributed by atoms with Gasteiger partial charge in [-0.25, -0.2) is 0 Å². The van der Waals surface area contributed by atoms with E-state index in [4.69, 9.17) is 15.2 Å². The number of methoxy groups -OCH3 is 1. The Morgan fingerprint density at radius 2 is 2.12 bits per heavy atom. The van der Waals surface area contributed by atoms with Crippen LogP contribution in [-0.4, -0.2) is 38.8 Å². The molecule has 0 bridgehead atoms. The highest BCUT2D eigenvalue weighted by Gasteiger charge is 2.38. The number of amides is 1. The molecule has 3 N–H and O–H groups in total. The van der Waals surface area contributed by atoms with E-state index in [9.17, 15) is 4.79 Å². The van der Waals surface area contributed by atoms with Gasteiger partial charge in [-0.1, -0.05) is 24.1 Å². The summed E-state index contributed by atoms with van der Waals surface area (Å²) >= 11 is 0. The van der Waals surface area contributed by atoms with E-state index in [-0.39, 0.29) is 23.3 Å². The van der Waals surface area contributed by atoms with Gasteiger partial charge in [0.2, 0.25) is 5.91 Å². The van der Waals surface area contributed by atoms with Crippen LogP contribution in [0.3, 0.4) is 0 Å². The molecule has 0 radical (unpaired) electrons. The first kappa shape index (κ1) is 18.2. The molecular weight excluding hydrogens is 316 g/mol. The van der Waals surface area contributed by atoms with Gasteiger partial charge in [0, 0.05) is 36.8 Å². The highest BCUT2D eigenvalue weighted by atomic mass is 16.5. The van der Waals surface area contributed by atoms with Gasteiger partial charge >= 0.3 is 0 Å². The number of aryl methyl sites for hydroxylation is 1. The summed E-state index contributed by atoms with van der Waals surface area (Å²) in [5.41, 5.74) is 8.33. The maximum absolute atomic E-state index is 12.6. The predicted octanol–water partition coefficient (Wildman–Crippen LogP) is 2.30. The number of hydrogen-bond donors (Lipinski definition) is 2. The van der Waals surface area contributed by atoms with Crippen LogP contribution in [0.25, 0.3) is 0 Å². The maximum Gasteiger partial charge on any atom is 0.224 e. The molecule has 5 heteroatoms. The Morgan fingerprint density at radius 3 is 2.76 bits per heavy atom. The quantitative estimate of drug-likeness (QED) is 0.858. The third-order valence-corrected chi connectivity index (χ3v) is 5.88. The van der Waals surface area contributed by atoms with Crippen LogP contribution in [0.2, 0.25) is 0 Å². The SMILES string of the molecule is COc1ccc(C)cc1C1(CNC(=O)[C@H]2CCC[C@H]2N)CCOCC1. The van der Waals surface area contributed by atoms with E-state index in [1.54, 1.807) is 7.11 Å². The van der Waals surface area contributed by atoms with Gasteiger partial charge in [-0.3, -0.25) is 4.79 Å². The molecule has 0 aromatic heterocycles. The normalized spacial score (nSPS) is 25.6. The monoisotopic (exact) mass is 346 g/mol. The molecule has 25 heavy (non-hydrogen) atoms. The highest BCUT2D eigenvalue weighted by Crippen LogP contribution is 2.40. The fourth-order valence-corrected chi connectivity index (χ4v) is 4.24. The Morgan fingerprint density at radius 1 is 1.36 bits per heavy atom. The minimum Gasteiger partial charge on any atom is -0.496 e. The lowest BCUT2D eigenvalue weighted by Gasteiger charge is -2.39. The van der Waals surface area contributed by atoms with Crippen molar-refractivity contribution in [1.29, 1.82) is 0 Å².